The van der Waals surface area contributed by atoms with Crippen molar-refractivity contribution in [1.29, 1.82) is 0 Å². The molecule has 12 heteroatoms. The molecular formula is C29H26ClN7O2S2. The molecule has 208 valence electrons. The average Bonchev–Trinajstić information content (AvgIpc) is 3.68. The number of carbonyl (C=O) groups excluding carboxylic acids is 1. The van der Waals surface area contributed by atoms with Gasteiger partial charge in [0.1, 0.15) is 16.5 Å². The van der Waals surface area contributed by atoms with Crippen molar-refractivity contribution in [2.24, 2.45) is 0 Å². The number of aromatic nitrogens is 5. The van der Waals surface area contributed by atoms with Crippen LogP contribution in [0.1, 0.15) is 15.5 Å². The summed E-state index contributed by atoms with van der Waals surface area (Å²) in [5.41, 5.74) is 3.19. The number of nitrogens with zero attached hydrogens (tertiary/aromatic N) is 7. The number of pyridine rings is 1. The van der Waals surface area contributed by atoms with E-state index in [1.165, 1.54) is 23.1 Å². The van der Waals surface area contributed by atoms with E-state index in [1.54, 1.807) is 19.5 Å². The van der Waals surface area contributed by atoms with Crippen LogP contribution in [0, 0.1) is 0 Å². The highest BCUT2D eigenvalue weighted by Gasteiger charge is 2.25. The molecule has 3 aromatic heterocycles. The lowest BCUT2D eigenvalue weighted by Gasteiger charge is -2.36. The Hall–Kier alpha value is -3.93. The summed E-state index contributed by atoms with van der Waals surface area (Å²) in [6.07, 6.45) is 3.44. The summed E-state index contributed by atoms with van der Waals surface area (Å²) in [7, 11) is 1.68. The SMILES string of the molecule is COc1ccccc1N1CCN(C(=O)c2csc(CSc3nnc(-c4ccncc4)n3-c3ccccc3Cl)n2)CC1. The van der Waals surface area contributed by atoms with Crippen LogP contribution in [0.5, 0.6) is 5.75 Å². The first-order chi connectivity index (χ1) is 20.1. The molecular weight excluding hydrogens is 578 g/mol. The van der Waals surface area contributed by atoms with E-state index in [4.69, 9.17) is 16.3 Å². The number of thiazole rings is 1. The van der Waals surface area contributed by atoms with Crippen LogP contribution in [0.2, 0.25) is 5.02 Å². The Bertz CT molecular complexity index is 1650. The van der Waals surface area contributed by atoms with Gasteiger partial charge in [0.2, 0.25) is 0 Å². The number of benzene rings is 2. The van der Waals surface area contributed by atoms with E-state index >= 15 is 0 Å². The van der Waals surface area contributed by atoms with Crippen LogP contribution in [-0.2, 0) is 5.75 Å². The maximum Gasteiger partial charge on any atom is 0.273 e. The molecule has 2 aromatic carbocycles. The van der Waals surface area contributed by atoms with Gasteiger partial charge in [-0.15, -0.1) is 21.5 Å². The zero-order valence-corrected chi connectivity index (χ0v) is 24.6. The second kappa shape index (κ2) is 12.3. The number of thioether (sulfide) groups is 1. The lowest BCUT2D eigenvalue weighted by molar-refractivity contribution is 0.0741. The molecule has 0 bridgehead atoms. The number of anilines is 1. The third-order valence-electron chi connectivity index (χ3n) is 6.75. The molecule has 1 saturated heterocycles. The summed E-state index contributed by atoms with van der Waals surface area (Å²) in [5.74, 6) is 2.01. The minimum absolute atomic E-state index is 0.0450. The van der Waals surface area contributed by atoms with Gasteiger partial charge in [0, 0.05) is 49.5 Å². The quantitative estimate of drug-likeness (QED) is 0.209. The van der Waals surface area contributed by atoms with Gasteiger partial charge in [-0.3, -0.25) is 14.3 Å². The second-order valence-corrected chi connectivity index (χ2v) is 11.5. The van der Waals surface area contributed by atoms with Gasteiger partial charge in [-0.05, 0) is 36.4 Å². The van der Waals surface area contributed by atoms with E-state index in [2.05, 4.69) is 25.1 Å². The number of para-hydroxylation sites is 3. The summed E-state index contributed by atoms with van der Waals surface area (Å²) in [4.78, 5) is 26.2. The average molecular weight is 604 g/mol. The van der Waals surface area contributed by atoms with Crippen LogP contribution >= 0.6 is 34.7 Å². The predicted octanol–water partition coefficient (Wildman–Crippen LogP) is 5.70. The van der Waals surface area contributed by atoms with Gasteiger partial charge in [-0.1, -0.05) is 47.6 Å². The fraction of sp³-hybridized carbons (Fsp3) is 0.207. The Morgan fingerprint density at radius 1 is 0.976 bits per heavy atom. The van der Waals surface area contributed by atoms with Gasteiger partial charge < -0.3 is 14.5 Å². The summed E-state index contributed by atoms with van der Waals surface area (Å²) >= 11 is 9.55. The van der Waals surface area contributed by atoms with Crippen LogP contribution in [0.3, 0.4) is 0 Å². The van der Waals surface area contributed by atoms with E-state index in [0.717, 1.165) is 40.8 Å². The maximum absolute atomic E-state index is 13.3. The highest BCUT2D eigenvalue weighted by Crippen LogP contribution is 2.33. The molecule has 9 nitrogen and oxygen atoms in total. The smallest absolute Gasteiger partial charge is 0.273 e. The normalized spacial score (nSPS) is 13.4. The van der Waals surface area contributed by atoms with Crippen molar-refractivity contribution in [3.05, 3.63) is 94.2 Å². The van der Waals surface area contributed by atoms with E-state index in [-0.39, 0.29) is 5.91 Å². The largest absolute Gasteiger partial charge is 0.495 e. The molecule has 1 aliphatic rings. The van der Waals surface area contributed by atoms with Crippen molar-refractivity contribution < 1.29 is 9.53 Å². The molecule has 0 radical (unpaired) electrons. The molecule has 5 aromatic rings. The number of ether oxygens (including phenoxy) is 1. The standard InChI is InChI=1S/C29H26ClN7O2S2/c1-39-25-9-5-4-8-24(25)35-14-16-36(17-15-35)28(38)22-18-40-26(32-22)19-41-29-34-33-27(20-10-12-31-13-11-20)37(29)23-7-3-2-6-21(23)30/h2-13,18H,14-17,19H2,1H3. The number of rotatable bonds is 8. The van der Waals surface area contributed by atoms with Crippen molar-refractivity contribution in [1.82, 2.24) is 29.6 Å². The van der Waals surface area contributed by atoms with Crippen LogP contribution in [0.15, 0.2) is 83.6 Å². The number of hydrogen-bond donors (Lipinski definition) is 0. The molecule has 41 heavy (non-hydrogen) atoms. The molecule has 6 rings (SSSR count). The Labute approximate surface area is 250 Å². The highest BCUT2D eigenvalue weighted by molar-refractivity contribution is 7.98. The summed E-state index contributed by atoms with van der Waals surface area (Å²) < 4.78 is 7.46. The number of amides is 1. The fourth-order valence-corrected chi connectivity index (χ4v) is 6.66. The van der Waals surface area contributed by atoms with Crippen LogP contribution in [0.25, 0.3) is 17.1 Å². The number of hydrogen-bond acceptors (Lipinski definition) is 9. The first-order valence-corrected chi connectivity index (χ1v) is 15.2. The second-order valence-electron chi connectivity index (χ2n) is 9.20. The molecule has 1 amide bonds. The Balaban J connectivity index is 1.14. The third-order valence-corrected chi connectivity index (χ3v) is 9.04. The summed E-state index contributed by atoms with van der Waals surface area (Å²) in [6.45, 7) is 2.71. The highest BCUT2D eigenvalue weighted by atomic mass is 35.5. The first-order valence-electron chi connectivity index (χ1n) is 13.0. The molecule has 1 fully saturated rings. The Kier molecular flexibility index (Phi) is 8.17. The topological polar surface area (TPSA) is 89.3 Å². The monoisotopic (exact) mass is 603 g/mol. The summed E-state index contributed by atoms with van der Waals surface area (Å²) in [6, 6.07) is 19.3. The molecule has 1 aliphatic heterocycles. The van der Waals surface area contributed by atoms with Gasteiger partial charge in [0.15, 0.2) is 11.0 Å². The minimum Gasteiger partial charge on any atom is -0.495 e. The Morgan fingerprint density at radius 3 is 2.46 bits per heavy atom. The van der Waals surface area contributed by atoms with Crippen molar-refractivity contribution in [2.45, 2.75) is 10.9 Å². The van der Waals surface area contributed by atoms with Crippen molar-refractivity contribution >= 4 is 46.3 Å². The van der Waals surface area contributed by atoms with Gasteiger partial charge in [0.25, 0.3) is 5.91 Å². The fourth-order valence-electron chi connectivity index (χ4n) is 4.71. The lowest BCUT2D eigenvalue weighted by atomic mass is 10.2. The van der Waals surface area contributed by atoms with Gasteiger partial charge in [-0.25, -0.2) is 4.98 Å². The zero-order valence-electron chi connectivity index (χ0n) is 22.2. The first kappa shape index (κ1) is 27.3. The number of carbonyl (C=O) groups is 1. The minimum atomic E-state index is -0.0450. The zero-order chi connectivity index (χ0) is 28.2. The predicted molar refractivity (Wildman–Crippen MR) is 162 cm³/mol. The van der Waals surface area contributed by atoms with E-state index in [1.807, 2.05) is 75.5 Å². The molecule has 0 atom stereocenters. The maximum atomic E-state index is 13.3. The molecule has 0 aliphatic carbocycles. The van der Waals surface area contributed by atoms with Crippen molar-refractivity contribution in [2.75, 3.05) is 38.2 Å². The molecule has 0 spiro atoms. The van der Waals surface area contributed by atoms with Crippen LogP contribution in [-0.4, -0.2) is 68.8 Å². The van der Waals surface area contributed by atoms with E-state index in [0.29, 0.717) is 40.5 Å². The molecule has 0 saturated carbocycles. The van der Waals surface area contributed by atoms with Crippen molar-refractivity contribution in [3.8, 4) is 22.8 Å². The lowest BCUT2D eigenvalue weighted by Crippen LogP contribution is -2.49. The number of piperazine rings is 1. The van der Waals surface area contributed by atoms with E-state index in [9.17, 15) is 4.79 Å². The van der Waals surface area contributed by atoms with Gasteiger partial charge in [0.05, 0.1) is 29.3 Å². The van der Waals surface area contributed by atoms with Crippen LogP contribution in [0.4, 0.5) is 5.69 Å². The van der Waals surface area contributed by atoms with E-state index < -0.39 is 0 Å². The molecule has 0 N–H and O–H groups in total. The van der Waals surface area contributed by atoms with Gasteiger partial charge in [-0.2, -0.15) is 0 Å². The van der Waals surface area contributed by atoms with Gasteiger partial charge >= 0.3 is 0 Å². The summed E-state index contributed by atoms with van der Waals surface area (Å²) in [5, 5.41) is 12.9. The number of methoxy groups -OCH3 is 1. The van der Waals surface area contributed by atoms with Crippen molar-refractivity contribution in [3.63, 3.8) is 0 Å². The third kappa shape index (κ3) is 5.79. The Morgan fingerprint density at radius 2 is 1.71 bits per heavy atom. The molecule has 0 unspecified atom stereocenters. The molecule has 4 heterocycles. The number of halogens is 1. The van der Waals surface area contributed by atoms with Crippen LogP contribution < -0.4 is 9.64 Å².